The molecule has 0 radical (unpaired) electrons. The van der Waals surface area contributed by atoms with Crippen LogP contribution in [0.15, 0.2) is 4.79 Å². The fourth-order valence-corrected chi connectivity index (χ4v) is 1.35. The van der Waals surface area contributed by atoms with E-state index < -0.39 is 0 Å². The van der Waals surface area contributed by atoms with Crippen molar-refractivity contribution >= 4 is 17.1 Å². The highest BCUT2D eigenvalue weighted by Crippen LogP contribution is 2.05. The molecule has 2 aromatic rings. The first-order chi connectivity index (χ1) is 7.06. The number of nitrogen functional groups attached to an aromatic ring is 1. The minimum absolute atomic E-state index is 0.0791. The topological polar surface area (TPSA) is 104 Å². The van der Waals surface area contributed by atoms with Gasteiger partial charge in [0.05, 0.1) is 6.54 Å². The number of H-pyrrole nitrogens is 2. The van der Waals surface area contributed by atoms with Crippen LogP contribution in [0.3, 0.4) is 0 Å². The molecule has 0 fully saturated rings. The smallest absolute Gasteiger partial charge is 0.278 e. The molecule has 2 rings (SSSR count). The molecule has 0 aromatic carbocycles. The highest BCUT2D eigenvalue weighted by Gasteiger charge is 2.08. The first-order valence-corrected chi connectivity index (χ1v) is 4.45. The van der Waals surface area contributed by atoms with E-state index in [0.717, 1.165) is 0 Å². The lowest BCUT2D eigenvalue weighted by molar-refractivity contribution is 0.392. The van der Waals surface area contributed by atoms with Gasteiger partial charge in [-0.15, -0.1) is 0 Å². The standard InChI is InChI=1S/C8H12N6O/c1-14(2)3-4-10-5-6(11-4)12-8(9)13-7(5)15/h3H2,1-2H3,(H4,9,10,11,12,13,15). The van der Waals surface area contributed by atoms with Gasteiger partial charge in [-0.1, -0.05) is 0 Å². The summed E-state index contributed by atoms with van der Waals surface area (Å²) in [5.74, 6) is 0.772. The van der Waals surface area contributed by atoms with Crippen LogP contribution in [0, 0.1) is 0 Å². The molecule has 7 nitrogen and oxygen atoms in total. The largest absolute Gasteiger partial charge is 0.369 e. The first kappa shape index (κ1) is 9.66. The zero-order valence-electron chi connectivity index (χ0n) is 8.53. The van der Waals surface area contributed by atoms with Crippen molar-refractivity contribution in [2.45, 2.75) is 6.54 Å². The number of imidazole rings is 1. The van der Waals surface area contributed by atoms with Crippen LogP contribution in [-0.2, 0) is 6.54 Å². The van der Waals surface area contributed by atoms with E-state index in [1.54, 1.807) is 0 Å². The zero-order valence-corrected chi connectivity index (χ0v) is 8.53. The fraction of sp³-hybridized carbons (Fsp3) is 0.375. The lowest BCUT2D eigenvalue weighted by Crippen LogP contribution is -2.12. The van der Waals surface area contributed by atoms with Crippen LogP contribution in [0.25, 0.3) is 11.2 Å². The molecule has 0 spiro atoms. The van der Waals surface area contributed by atoms with E-state index in [4.69, 9.17) is 5.73 Å². The van der Waals surface area contributed by atoms with E-state index in [2.05, 4.69) is 19.9 Å². The number of aromatic amines is 2. The van der Waals surface area contributed by atoms with Gasteiger partial charge in [0.1, 0.15) is 5.82 Å². The molecule has 2 heterocycles. The molecule has 0 saturated carbocycles. The quantitative estimate of drug-likeness (QED) is 0.604. The van der Waals surface area contributed by atoms with Gasteiger partial charge >= 0.3 is 0 Å². The van der Waals surface area contributed by atoms with Gasteiger partial charge in [-0.2, -0.15) is 4.98 Å². The van der Waals surface area contributed by atoms with Gasteiger partial charge < -0.3 is 15.6 Å². The summed E-state index contributed by atoms with van der Waals surface area (Å²) in [4.78, 5) is 26.8. The molecule has 0 aliphatic rings. The summed E-state index contributed by atoms with van der Waals surface area (Å²) in [5, 5.41) is 0. The summed E-state index contributed by atoms with van der Waals surface area (Å²) >= 11 is 0. The van der Waals surface area contributed by atoms with E-state index in [1.807, 2.05) is 19.0 Å². The summed E-state index contributed by atoms with van der Waals surface area (Å²) in [6, 6.07) is 0. The molecule has 0 aliphatic heterocycles. The van der Waals surface area contributed by atoms with Crippen LogP contribution < -0.4 is 11.3 Å². The Bertz CT molecular complexity index is 540. The van der Waals surface area contributed by atoms with Gasteiger partial charge in [0, 0.05) is 0 Å². The lowest BCUT2D eigenvalue weighted by atomic mass is 10.5. The van der Waals surface area contributed by atoms with Crippen molar-refractivity contribution in [3.05, 3.63) is 16.2 Å². The van der Waals surface area contributed by atoms with Crippen molar-refractivity contribution < 1.29 is 0 Å². The fourth-order valence-electron chi connectivity index (χ4n) is 1.35. The average Bonchev–Trinajstić information content (AvgIpc) is 2.45. The SMILES string of the molecule is CN(C)Cc1nc2nc(N)[nH]c(=O)c2[nH]1. The van der Waals surface area contributed by atoms with Gasteiger partial charge in [0.15, 0.2) is 11.2 Å². The third-order valence-electron chi connectivity index (χ3n) is 1.89. The highest BCUT2D eigenvalue weighted by atomic mass is 16.1. The van der Waals surface area contributed by atoms with Gasteiger partial charge in [0.2, 0.25) is 5.95 Å². The van der Waals surface area contributed by atoms with Crippen LogP contribution in [-0.4, -0.2) is 38.9 Å². The molecule has 0 amide bonds. The molecule has 0 aliphatic carbocycles. The van der Waals surface area contributed by atoms with Crippen LogP contribution in [0.5, 0.6) is 0 Å². The van der Waals surface area contributed by atoms with Crippen LogP contribution in [0.2, 0.25) is 0 Å². The number of nitrogens with two attached hydrogens (primary N) is 1. The Kier molecular flexibility index (Phi) is 2.16. The molecular weight excluding hydrogens is 196 g/mol. The Hall–Kier alpha value is -1.89. The van der Waals surface area contributed by atoms with Gasteiger partial charge in [-0.25, -0.2) is 4.98 Å². The van der Waals surface area contributed by atoms with Crippen molar-refractivity contribution in [3.8, 4) is 0 Å². The molecule has 0 bridgehead atoms. The average molecular weight is 208 g/mol. The van der Waals surface area contributed by atoms with Crippen LogP contribution >= 0.6 is 0 Å². The van der Waals surface area contributed by atoms with Crippen molar-refractivity contribution in [1.82, 2.24) is 24.8 Å². The van der Waals surface area contributed by atoms with Gasteiger partial charge in [-0.3, -0.25) is 9.78 Å². The molecule has 0 unspecified atom stereocenters. The van der Waals surface area contributed by atoms with Crippen molar-refractivity contribution in [2.24, 2.45) is 0 Å². The maximum atomic E-state index is 11.4. The Balaban J connectivity index is 2.55. The molecule has 0 atom stereocenters. The van der Waals surface area contributed by atoms with Gasteiger partial charge in [-0.05, 0) is 14.1 Å². The second-order valence-electron chi connectivity index (χ2n) is 3.57. The molecular formula is C8H12N6O. The molecule has 15 heavy (non-hydrogen) atoms. The normalized spacial score (nSPS) is 11.4. The molecule has 4 N–H and O–H groups in total. The molecule has 0 saturated heterocycles. The maximum absolute atomic E-state index is 11.4. The number of aromatic nitrogens is 4. The summed E-state index contributed by atoms with van der Waals surface area (Å²) in [6.07, 6.45) is 0. The van der Waals surface area contributed by atoms with Crippen molar-refractivity contribution in [3.63, 3.8) is 0 Å². The number of hydrogen-bond acceptors (Lipinski definition) is 5. The Morgan fingerprint density at radius 1 is 1.33 bits per heavy atom. The minimum Gasteiger partial charge on any atom is -0.369 e. The van der Waals surface area contributed by atoms with Crippen LogP contribution in [0.4, 0.5) is 5.95 Å². The van der Waals surface area contributed by atoms with E-state index in [1.165, 1.54) is 0 Å². The number of rotatable bonds is 2. The summed E-state index contributed by atoms with van der Waals surface area (Å²) in [6.45, 7) is 0.621. The van der Waals surface area contributed by atoms with Gasteiger partial charge in [0.25, 0.3) is 5.56 Å². The van der Waals surface area contributed by atoms with E-state index >= 15 is 0 Å². The number of anilines is 1. The highest BCUT2D eigenvalue weighted by molar-refractivity contribution is 5.70. The summed E-state index contributed by atoms with van der Waals surface area (Å²) in [5.41, 5.74) is 5.82. The van der Waals surface area contributed by atoms with Crippen molar-refractivity contribution in [1.29, 1.82) is 0 Å². The Morgan fingerprint density at radius 2 is 2.07 bits per heavy atom. The second kappa shape index (κ2) is 3.35. The monoisotopic (exact) mass is 208 g/mol. The number of fused-ring (bicyclic) bond motifs is 1. The van der Waals surface area contributed by atoms with Crippen LogP contribution in [0.1, 0.15) is 5.82 Å². The molecule has 2 aromatic heterocycles. The third-order valence-corrected chi connectivity index (χ3v) is 1.89. The first-order valence-electron chi connectivity index (χ1n) is 4.45. The van der Waals surface area contributed by atoms with E-state index in [9.17, 15) is 4.79 Å². The predicted octanol–water partition coefficient (Wildman–Crippen LogP) is -0.710. The summed E-state index contributed by atoms with van der Waals surface area (Å²) < 4.78 is 0. The lowest BCUT2D eigenvalue weighted by Gasteiger charge is -2.04. The zero-order chi connectivity index (χ0) is 11.0. The number of hydrogen-bond donors (Lipinski definition) is 3. The second-order valence-corrected chi connectivity index (χ2v) is 3.57. The predicted molar refractivity (Wildman–Crippen MR) is 56.3 cm³/mol. The minimum atomic E-state index is -0.296. The number of nitrogens with zero attached hydrogens (tertiary/aromatic N) is 3. The van der Waals surface area contributed by atoms with Crippen molar-refractivity contribution in [2.75, 3.05) is 19.8 Å². The van der Waals surface area contributed by atoms with E-state index in [-0.39, 0.29) is 11.5 Å². The molecule has 7 heteroatoms. The summed E-state index contributed by atoms with van der Waals surface area (Å²) in [7, 11) is 3.83. The Morgan fingerprint density at radius 3 is 2.73 bits per heavy atom. The van der Waals surface area contributed by atoms with E-state index in [0.29, 0.717) is 23.5 Å². The number of nitrogens with one attached hydrogen (secondary N) is 2. The third kappa shape index (κ3) is 1.82. The Labute approximate surface area is 85.3 Å². The molecule has 80 valence electrons. The maximum Gasteiger partial charge on any atom is 0.278 e.